The van der Waals surface area contributed by atoms with Crippen LogP contribution in [-0.2, 0) is 11.3 Å². The Balaban J connectivity index is 1.92. The van der Waals surface area contributed by atoms with Crippen LogP contribution in [0, 0.1) is 11.6 Å². The highest BCUT2D eigenvalue weighted by molar-refractivity contribution is 5.43. The van der Waals surface area contributed by atoms with Gasteiger partial charge in [-0.15, -0.1) is 0 Å². The van der Waals surface area contributed by atoms with E-state index in [1.807, 2.05) is 0 Å². The van der Waals surface area contributed by atoms with Crippen molar-refractivity contribution >= 4 is 5.69 Å². The fourth-order valence-corrected chi connectivity index (χ4v) is 1.69. The van der Waals surface area contributed by atoms with E-state index in [0.29, 0.717) is 24.8 Å². The molecular formula is C15H16F2N2O2. The molecule has 2 rings (SSSR count). The lowest BCUT2D eigenvalue weighted by Crippen LogP contribution is -2.06. The summed E-state index contributed by atoms with van der Waals surface area (Å²) in [4.78, 5) is 4.08. The molecule has 0 unspecified atom stereocenters. The lowest BCUT2D eigenvalue weighted by molar-refractivity contribution is 0.144. The standard InChI is InChI=1S/C15H16F2N2O2/c1-20-7-8-21-15-6-5-11(9-19-15)18-10-12-13(16)3-2-4-14(12)17/h2-6,9,18H,7-8,10H2,1H3. The predicted octanol–water partition coefficient (Wildman–Crippen LogP) is 3.00. The summed E-state index contributed by atoms with van der Waals surface area (Å²) < 4.78 is 37.1. The third kappa shape index (κ3) is 4.39. The first-order chi connectivity index (χ1) is 10.2. The second kappa shape index (κ2) is 7.54. The van der Waals surface area contributed by atoms with Gasteiger partial charge >= 0.3 is 0 Å². The zero-order valence-electron chi connectivity index (χ0n) is 11.6. The van der Waals surface area contributed by atoms with Gasteiger partial charge in [-0.2, -0.15) is 0 Å². The molecule has 0 aliphatic rings. The fourth-order valence-electron chi connectivity index (χ4n) is 1.69. The first kappa shape index (κ1) is 15.2. The predicted molar refractivity (Wildman–Crippen MR) is 75.3 cm³/mol. The van der Waals surface area contributed by atoms with Gasteiger partial charge in [-0.3, -0.25) is 0 Å². The Kier molecular flexibility index (Phi) is 5.45. The Morgan fingerprint density at radius 2 is 1.86 bits per heavy atom. The van der Waals surface area contributed by atoms with Crippen LogP contribution in [0.3, 0.4) is 0 Å². The average Bonchev–Trinajstić information content (AvgIpc) is 2.48. The Bertz CT molecular complexity index is 556. The van der Waals surface area contributed by atoms with E-state index in [4.69, 9.17) is 9.47 Å². The van der Waals surface area contributed by atoms with Crippen molar-refractivity contribution in [1.82, 2.24) is 4.98 Å². The van der Waals surface area contributed by atoms with Gasteiger partial charge in [0.15, 0.2) is 0 Å². The molecule has 0 aliphatic carbocycles. The summed E-state index contributed by atoms with van der Waals surface area (Å²) in [6.45, 7) is 0.940. The van der Waals surface area contributed by atoms with E-state index in [1.165, 1.54) is 18.2 Å². The quantitative estimate of drug-likeness (QED) is 0.797. The summed E-state index contributed by atoms with van der Waals surface area (Å²) in [5, 5.41) is 2.91. The van der Waals surface area contributed by atoms with Crippen molar-refractivity contribution in [3.63, 3.8) is 0 Å². The van der Waals surface area contributed by atoms with Gasteiger partial charge in [0, 0.05) is 25.3 Å². The van der Waals surface area contributed by atoms with Crippen LogP contribution in [0.25, 0.3) is 0 Å². The number of methoxy groups -OCH3 is 1. The highest BCUT2D eigenvalue weighted by Gasteiger charge is 2.07. The van der Waals surface area contributed by atoms with Crippen molar-refractivity contribution in [1.29, 1.82) is 0 Å². The second-order valence-electron chi connectivity index (χ2n) is 4.28. The molecule has 1 heterocycles. The molecule has 0 amide bonds. The van der Waals surface area contributed by atoms with E-state index >= 15 is 0 Å². The highest BCUT2D eigenvalue weighted by Crippen LogP contribution is 2.16. The molecule has 0 spiro atoms. The van der Waals surface area contributed by atoms with Crippen LogP contribution < -0.4 is 10.1 Å². The van der Waals surface area contributed by atoms with Crippen LogP contribution in [0.5, 0.6) is 5.88 Å². The number of halogens is 2. The number of nitrogens with zero attached hydrogens (tertiary/aromatic N) is 1. The van der Waals surface area contributed by atoms with Crippen molar-refractivity contribution in [2.75, 3.05) is 25.6 Å². The zero-order chi connectivity index (χ0) is 15.1. The molecule has 0 aliphatic heterocycles. The Labute approximate surface area is 121 Å². The summed E-state index contributed by atoms with van der Waals surface area (Å²) in [5.74, 6) is -0.681. The van der Waals surface area contributed by atoms with Crippen molar-refractivity contribution in [3.05, 3.63) is 53.7 Å². The number of ether oxygens (including phenoxy) is 2. The van der Waals surface area contributed by atoms with Crippen LogP contribution in [0.4, 0.5) is 14.5 Å². The Morgan fingerprint density at radius 1 is 1.10 bits per heavy atom. The van der Waals surface area contributed by atoms with E-state index < -0.39 is 11.6 Å². The number of benzene rings is 1. The molecule has 0 saturated carbocycles. The zero-order valence-corrected chi connectivity index (χ0v) is 11.6. The van der Waals surface area contributed by atoms with Crippen molar-refractivity contribution in [2.24, 2.45) is 0 Å². The summed E-state index contributed by atoms with van der Waals surface area (Å²) >= 11 is 0. The molecule has 0 fully saturated rings. The second-order valence-corrected chi connectivity index (χ2v) is 4.28. The van der Waals surface area contributed by atoms with Crippen LogP contribution in [-0.4, -0.2) is 25.3 Å². The average molecular weight is 294 g/mol. The minimum atomic E-state index is -0.574. The van der Waals surface area contributed by atoms with Gasteiger partial charge < -0.3 is 14.8 Å². The van der Waals surface area contributed by atoms with Gasteiger partial charge in [-0.25, -0.2) is 13.8 Å². The fraction of sp³-hybridized carbons (Fsp3) is 0.267. The largest absolute Gasteiger partial charge is 0.475 e. The topological polar surface area (TPSA) is 43.4 Å². The minimum absolute atomic E-state index is 0.00192. The molecule has 4 nitrogen and oxygen atoms in total. The smallest absolute Gasteiger partial charge is 0.213 e. The van der Waals surface area contributed by atoms with Crippen molar-refractivity contribution < 1.29 is 18.3 Å². The number of aromatic nitrogens is 1. The monoisotopic (exact) mass is 294 g/mol. The van der Waals surface area contributed by atoms with Crippen molar-refractivity contribution in [3.8, 4) is 5.88 Å². The maximum Gasteiger partial charge on any atom is 0.213 e. The molecule has 1 aromatic heterocycles. The van der Waals surface area contributed by atoms with Gasteiger partial charge in [0.05, 0.1) is 18.5 Å². The summed E-state index contributed by atoms with van der Waals surface area (Å²) in [5.41, 5.74) is 0.648. The van der Waals surface area contributed by atoms with Crippen LogP contribution in [0.1, 0.15) is 5.56 Å². The van der Waals surface area contributed by atoms with Gasteiger partial charge in [-0.05, 0) is 18.2 Å². The third-order valence-electron chi connectivity index (χ3n) is 2.80. The highest BCUT2D eigenvalue weighted by atomic mass is 19.1. The lowest BCUT2D eigenvalue weighted by Gasteiger charge is -2.09. The van der Waals surface area contributed by atoms with Gasteiger partial charge in [0.2, 0.25) is 5.88 Å². The Morgan fingerprint density at radius 3 is 2.48 bits per heavy atom. The molecule has 21 heavy (non-hydrogen) atoms. The minimum Gasteiger partial charge on any atom is -0.475 e. The molecular weight excluding hydrogens is 278 g/mol. The lowest BCUT2D eigenvalue weighted by atomic mass is 10.2. The Hall–Kier alpha value is -2.21. The van der Waals surface area contributed by atoms with E-state index in [-0.39, 0.29) is 12.1 Å². The summed E-state index contributed by atoms with van der Waals surface area (Å²) in [7, 11) is 1.59. The molecule has 1 N–H and O–H groups in total. The normalized spacial score (nSPS) is 10.4. The van der Waals surface area contributed by atoms with E-state index in [1.54, 1.807) is 25.4 Å². The van der Waals surface area contributed by atoms with Gasteiger partial charge in [0.1, 0.15) is 18.2 Å². The number of hydrogen-bond donors (Lipinski definition) is 1. The number of nitrogens with one attached hydrogen (secondary N) is 1. The number of rotatable bonds is 7. The number of pyridine rings is 1. The maximum absolute atomic E-state index is 13.5. The number of hydrogen-bond acceptors (Lipinski definition) is 4. The van der Waals surface area contributed by atoms with E-state index in [2.05, 4.69) is 10.3 Å². The van der Waals surface area contributed by atoms with Crippen LogP contribution in [0.2, 0.25) is 0 Å². The van der Waals surface area contributed by atoms with Crippen LogP contribution >= 0.6 is 0 Å². The molecule has 6 heteroatoms. The first-order valence-electron chi connectivity index (χ1n) is 6.45. The molecule has 0 bridgehead atoms. The third-order valence-corrected chi connectivity index (χ3v) is 2.80. The van der Waals surface area contributed by atoms with Gasteiger partial charge in [0.25, 0.3) is 0 Å². The molecule has 0 radical (unpaired) electrons. The van der Waals surface area contributed by atoms with Crippen molar-refractivity contribution in [2.45, 2.75) is 6.54 Å². The van der Waals surface area contributed by atoms with E-state index in [9.17, 15) is 8.78 Å². The maximum atomic E-state index is 13.5. The number of anilines is 1. The first-order valence-corrected chi connectivity index (χ1v) is 6.45. The van der Waals surface area contributed by atoms with E-state index in [0.717, 1.165) is 0 Å². The molecule has 0 atom stereocenters. The molecule has 1 aromatic carbocycles. The molecule has 112 valence electrons. The molecule has 2 aromatic rings. The SMILES string of the molecule is COCCOc1ccc(NCc2c(F)cccc2F)cn1. The summed E-state index contributed by atoms with van der Waals surface area (Å²) in [6.07, 6.45) is 1.54. The van der Waals surface area contributed by atoms with Crippen LogP contribution in [0.15, 0.2) is 36.5 Å². The molecule has 0 saturated heterocycles. The summed E-state index contributed by atoms with van der Waals surface area (Å²) in [6, 6.07) is 7.20. The van der Waals surface area contributed by atoms with Gasteiger partial charge in [-0.1, -0.05) is 6.07 Å².